The first-order chi connectivity index (χ1) is 8.69. The summed E-state index contributed by atoms with van der Waals surface area (Å²) < 4.78 is 0. The lowest BCUT2D eigenvalue weighted by Crippen LogP contribution is -2.20. The minimum atomic E-state index is -0.823. The summed E-state index contributed by atoms with van der Waals surface area (Å²) in [5, 5.41) is 10.8. The van der Waals surface area contributed by atoms with Crippen LogP contribution >= 0.6 is 11.6 Å². The Kier molecular flexibility index (Phi) is 3.99. The molecule has 1 aliphatic rings. The molecular weight excluding hydrogens is 256 g/mol. The highest BCUT2D eigenvalue weighted by atomic mass is 35.5. The monoisotopic (exact) mass is 280 g/mol. The van der Waals surface area contributed by atoms with Gasteiger partial charge in [0, 0.05) is 5.02 Å². The molecule has 0 heterocycles. The van der Waals surface area contributed by atoms with Gasteiger partial charge in [0.15, 0.2) is 0 Å². The molecule has 0 atom stereocenters. The first kappa shape index (κ1) is 14.9. The van der Waals surface area contributed by atoms with Crippen LogP contribution in [-0.4, -0.2) is 5.11 Å². The van der Waals surface area contributed by atoms with Gasteiger partial charge < -0.3 is 5.11 Å². The van der Waals surface area contributed by atoms with E-state index in [1.165, 1.54) is 31.2 Å². The number of hydrogen-bond acceptors (Lipinski definition) is 1. The third kappa shape index (κ3) is 3.52. The van der Waals surface area contributed by atoms with Crippen LogP contribution in [0.3, 0.4) is 0 Å². The molecule has 2 rings (SSSR count). The molecule has 1 aliphatic carbocycles. The Hall–Kier alpha value is -0.530. The summed E-state index contributed by atoms with van der Waals surface area (Å²) in [6, 6.07) is 6.05. The molecule has 0 spiro atoms. The van der Waals surface area contributed by atoms with Crippen LogP contribution in [0.2, 0.25) is 5.02 Å². The Labute approximate surface area is 122 Å². The van der Waals surface area contributed by atoms with Gasteiger partial charge in [-0.3, -0.25) is 0 Å². The van der Waals surface area contributed by atoms with Crippen LogP contribution in [0.25, 0.3) is 0 Å². The van der Waals surface area contributed by atoms with E-state index in [2.05, 4.69) is 19.9 Å². The van der Waals surface area contributed by atoms with Gasteiger partial charge in [-0.15, -0.1) is 0 Å². The fourth-order valence-electron chi connectivity index (χ4n) is 2.95. The van der Waals surface area contributed by atoms with Gasteiger partial charge in [-0.2, -0.15) is 0 Å². The van der Waals surface area contributed by atoms with E-state index in [0.717, 1.165) is 10.6 Å². The second kappa shape index (κ2) is 5.10. The summed E-state index contributed by atoms with van der Waals surface area (Å²) in [6.07, 6.45) is 4.96. The normalized spacial score (nSPS) is 20.5. The second-order valence-corrected chi connectivity index (χ2v) is 7.64. The van der Waals surface area contributed by atoms with Crippen LogP contribution in [0.4, 0.5) is 0 Å². The van der Waals surface area contributed by atoms with Crippen LogP contribution in [0, 0.1) is 5.41 Å². The lowest BCUT2D eigenvalue weighted by atomic mass is 9.71. The predicted octanol–water partition coefficient (Wildman–Crippen LogP) is 5.25. The van der Waals surface area contributed by atoms with Gasteiger partial charge in [0.2, 0.25) is 0 Å². The molecule has 1 aromatic rings. The van der Waals surface area contributed by atoms with Gasteiger partial charge in [0.1, 0.15) is 0 Å². The van der Waals surface area contributed by atoms with Crippen LogP contribution in [-0.2, 0) is 5.60 Å². The highest BCUT2D eigenvalue weighted by Gasteiger charge is 2.29. The van der Waals surface area contributed by atoms with Crippen molar-refractivity contribution in [2.45, 2.75) is 64.9 Å². The lowest BCUT2D eigenvalue weighted by molar-refractivity contribution is 0.0786. The number of rotatable bonds is 2. The summed E-state index contributed by atoms with van der Waals surface area (Å²) in [4.78, 5) is 0. The van der Waals surface area contributed by atoms with E-state index in [0.29, 0.717) is 11.3 Å². The predicted molar refractivity (Wildman–Crippen MR) is 81.7 cm³/mol. The highest BCUT2D eigenvalue weighted by Crippen LogP contribution is 2.44. The summed E-state index contributed by atoms with van der Waals surface area (Å²) >= 11 is 6.43. The van der Waals surface area contributed by atoms with Crippen molar-refractivity contribution in [1.29, 1.82) is 0 Å². The molecule has 1 N–H and O–H groups in total. The van der Waals surface area contributed by atoms with Crippen molar-refractivity contribution < 1.29 is 5.11 Å². The molecule has 1 saturated carbocycles. The standard InChI is InChI=1S/C17H25ClO/c1-16(2)9-7-12(8-10-16)14-6-5-13(11-15(14)18)17(3,4)19/h5-6,11-12,19H,7-10H2,1-4H3. The second-order valence-electron chi connectivity index (χ2n) is 7.23. The van der Waals surface area contributed by atoms with Crippen molar-refractivity contribution >= 4 is 11.6 Å². The van der Waals surface area contributed by atoms with E-state index < -0.39 is 5.60 Å². The zero-order valence-corrected chi connectivity index (χ0v) is 13.2. The smallest absolute Gasteiger partial charge is 0.0841 e. The molecule has 0 aromatic heterocycles. The zero-order chi connectivity index (χ0) is 14.3. The average molecular weight is 281 g/mol. The Balaban J connectivity index is 2.19. The van der Waals surface area contributed by atoms with Gasteiger partial charge in [0.25, 0.3) is 0 Å². The van der Waals surface area contributed by atoms with Gasteiger partial charge in [0.05, 0.1) is 5.60 Å². The minimum absolute atomic E-state index is 0.482. The summed E-state index contributed by atoms with van der Waals surface area (Å²) in [5.41, 5.74) is 1.80. The first-order valence-electron chi connectivity index (χ1n) is 7.21. The molecule has 1 nitrogen and oxygen atoms in total. The average Bonchev–Trinajstić information content (AvgIpc) is 2.28. The number of halogens is 1. The largest absolute Gasteiger partial charge is 0.386 e. The van der Waals surface area contributed by atoms with Gasteiger partial charge in [-0.05, 0) is 68.1 Å². The Morgan fingerprint density at radius 3 is 2.26 bits per heavy atom. The van der Waals surface area contributed by atoms with Crippen LogP contribution in [0.1, 0.15) is 70.4 Å². The van der Waals surface area contributed by atoms with E-state index in [-0.39, 0.29) is 0 Å². The minimum Gasteiger partial charge on any atom is -0.386 e. The molecule has 0 amide bonds. The number of aliphatic hydroxyl groups is 1. The van der Waals surface area contributed by atoms with Gasteiger partial charge >= 0.3 is 0 Å². The molecule has 0 saturated heterocycles. The third-order valence-electron chi connectivity index (χ3n) is 4.49. The number of hydrogen-bond donors (Lipinski definition) is 1. The summed E-state index contributed by atoms with van der Waals surface area (Å²) in [6.45, 7) is 8.29. The summed E-state index contributed by atoms with van der Waals surface area (Å²) in [7, 11) is 0. The Bertz CT molecular complexity index is 447. The molecule has 0 bridgehead atoms. The molecule has 2 heteroatoms. The highest BCUT2D eigenvalue weighted by molar-refractivity contribution is 6.31. The molecule has 1 fully saturated rings. The topological polar surface area (TPSA) is 20.2 Å². The fraction of sp³-hybridized carbons (Fsp3) is 0.647. The van der Waals surface area contributed by atoms with E-state index >= 15 is 0 Å². The van der Waals surface area contributed by atoms with Crippen molar-refractivity contribution in [2.24, 2.45) is 5.41 Å². The van der Waals surface area contributed by atoms with Crippen LogP contribution in [0.15, 0.2) is 18.2 Å². The van der Waals surface area contributed by atoms with E-state index in [1.54, 1.807) is 13.8 Å². The Morgan fingerprint density at radius 1 is 1.21 bits per heavy atom. The maximum absolute atomic E-state index is 10.0. The quantitative estimate of drug-likeness (QED) is 0.784. The zero-order valence-electron chi connectivity index (χ0n) is 12.5. The maximum atomic E-state index is 10.0. The molecule has 0 aliphatic heterocycles. The van der Waals surface area contributed by atoms with Crippen molar-refractivity contribution in [3.05, 3.63) is 34.3 Å². The third-order valence-corrected chi connectivity index (χ3v) is 4.81. The lowest BCUT2D eigenvalue weighted by Gasteiger charge is -2.35. The van der Waals surface area contributed by atoms with Crippen molar-refractivity contribution in [1.82, 2.24) is 0 Å². The van der Waals surface area contributed by atoms with Crippen LogP contribution in [0.5, 0.6) is 0 Å². The maximum Gasteiger partial charge on any atom is 0.0841 e. The number of benzene rings is 1. The molecule has 0 radical (unpaired) electrons. The van der Waals surface area contributed by atoms with E-state index in [4.69, 9.17) is 11.6 Å². The first-order valence-corrected chi connectivity index (χ1v) is 7.59. The Morgan fingerprint density at radius 2 is 1.79 bits per heavy atom. The molecular formula is C17H25ClO. The van der Waals surface area contributed by atoms with E-state index in [9.17, 15) is 5.11 Å². The molecule has 1 aromatic carbocycles. The van der Waals surface area contributed by atoms with Crippen molar-refractivity contribution in [3.63, 3.8) is 0 Å². The summed E-state index contributed by atoms with van der Waals surface area (Å²) in [5.74, 6) is 0.580. The SMILES string of the molecule is CC1(C)CCC(c2ccc(C(C)(C)O)cc2Cl)CC1. The van der Waals surface area contributed by atoms with Crippen molar-refractivity contribution in [3.8, 4) is 0 Å². The molecule has 0 unspecified atom stereocenters. The van der Waals surface area contributed by atoms with Crippen LogP contribution < -0.4 is 0 Å². The van der Waals surface area contributed by atoms with Crippen molar-refractivity contribution in [2.75, 3.05) is 0 Å². The van der Waals surface area contributed by atoms with Gasteiger partial charge in [-0.1, -0.05) is 37.6 Å². The van der Waals surface area contributed by atoms with Gasteiger partial charge in [-0.25, -0.2) is 0 Å². The van der Waals surface area contributed by atoms with E-state index in [1.807, 2.05) is 12.1 Å². The molecule has 19 heavy (non-hydrogen) atoms. The molecule has 106 valence electrons. The fourth-order valence-corrected chi connectivity index (χ4v) is 3.28.